The standard InChI is InChI=1S/C16H25NO3/c1-4-6-7-13-8-10-14(11-9-13)20-12-16(3,17)15(18)19-5-2/h8-11H,4-7,12,17H2,1-3H3. The van der Waals surface area contributed by atoms with Crippen molar-refractivity contribution >= 4 is 5.97 Å². The van der Waals surface area contributed by atoms with Crippen molar-refractivity contribution in [2.75, 3.05) is 13.2 Å². The van der Waals surface area contributed by atoms with Crippen molar-refractivity contribution in [3.63, 3.8) is 0 Å². The summed E-state index contributed by atoms with van der Waals surface area (Å²) in [4.78, 5) is 11.6. The molecule has 0 saturated heterocycles. The highest BCUT2D eigenvalue weighted by atomic mass is 16.5. The largest absolute Gasteiger partial charge is 0.491 e. The third kappa shape index (κ3) is 5.21. The highest BCUT2D eigenvalue weighted by Gasteiger charge is 2.31. The van der Waals surface area contributed by atoms with E-state index in [1.165, 1.54) is 18.4 Å². The number of esters is 1. The van der Waals surface area contributed by atoms with Crippen molar-refractivity contribution in [1.82, 2.24) is 0 Å². The molecule has 0 saturated carbocycles. The Hall–Kier alpha value is -1.55. The van der Waals surface area contributed by atoms with Crippen LogP contribution in [0.5, 0.6) is 5.75 Å². The molecule has 0 aliphatic heterocycles. The first-order valence-corrected chi connectivity index (χ1v) is 7.17. The molecule has 0 fully saturated rings. The summed E-state index contributed by atoms with van der Waals surface area (Å²) in [5.41, 5.74) is 6.05. The van der Waals surface area contributed by atoms with Gasteiger partial charge in [0.05, 0.1) is 6.61 Å². The smallest absolute Gasteiger partial charge is 0.329 e. The Morgan fingerprint density at radius 3 is 2.45 bits per heavy atom. The molecule has 0 aromatic heterocycles. The Bertz CT molecular complexity index is 412. The van der Waals surface area contributed by atoms with E-state index >= 15 is 0 Å². The number of unbranched alkanes of at least 4 members (excludes halogenated alkanes) is 1. The lowest BCUT2D eigenvalue weighted by Gasteiger charge is -2.22. The Balaban J connectivity index is 2.50. The van der Waals surface area contributed by atoms with Crippen LogP contribution in [0.4, 0.5) is 0 Å². The van der Waals surface area contributed by atoms with E-state index < -0.39 is 11.5 Å². The van der Waals surface area contributed by atoms with Gasteiger partial charge in [0.25, 0.3) is 0 Å². The SMILES string of the molecule is CCCCc1ccc(OCC(C)(N)C(=O)OCC)cc1. The van der Waals surface area contributed by atoms with Crippen molar-refractivity contribution in [2.45, 2.75) is 45.6 Å². The Morgan fingerprint density at radius 2 is 1.90 bits per heavy atom. The van der Waals surface area contributed by atoms with Crippen LogP contribution >= 0.6 is 0 Å². The molecule has 1 aromatic rings. The minimum Gasteiger partial charge on any atom is -0.491 e. The number of carbonyl (C=O) groups is 1. The van der Waals surface area contributed by atoms with Crippen molar-refractivity contribution in [2.24, 2.45) is 5.73 Å². The van der Waals surface area contributed by atoms with Gasteiger partial charge >= 0.3 is 5.97 Å². The quantitative estimate of drug-likeness (QED) is 0.743. The van der Waals surface area contributed by atoms with Crippen LogP contribution in [0.3, 0.4) is 0 Å². The lowest BCUT2D eigenvalue weighted by Crippen LogP contribution is -2.51. The van der Waals surface area contributed by atoms with Crippen molar-refractivity contribution < 1.29 is 14.3 Å². The van der Waals surface area contributed by atoms with Crippen LogP contribution in [0.15, 0.2) is 24.3 Å². The van der Waals surface area contributed by atoms with Crippen molar-refractivity contribution in [1.29, 1.82) is 0 Å². The number of hydrogen-bond acceptors (Lipinski definition) is 4. The van der Waals surface area contributed by atoms with Gasteiger partial charge in [-0.25, -0.2) is 4.79 Å². The van der Waals surface area contributed by atoms with E-state index in [2.05, 4.69) is 6.92 Å². The number of ether oxygens (including phenoxy) is 2. The van der Waals surface area contributed by atoms with Gasteiger partial charge in [0.2, 0.25) is 0 Å². The normalized spacial score (nSPS) is 13.6. The van der Waals surface area contributed by atoms with Crippen LogP contribution in [0, 0.1) is 0 Å². The number of aryl methyl sites for hydroxylation is 1. The fraction of sp³-hybridized carbons (Fsp3) is 0.562. The second-order valence-corrected chi connectivity index (χ2v) is 5.17. The van der Waals surface area contributed by atoms with Gasteiger partial charge in [0.15, 0.2) is 0 Å². The summed E-state index contributed by atoms with van der Waals surface area (Å²) in [5, 5.41) is 0. The zero-order valence-corrected chi connectivity index (χ0v) is 12.6. The molecule has 0 amide bonds. The molecule has 1 unspecified atom stereocenters. The first-order valence-electron chi connectivity index (χ1n) is 7.17. The average molecular weight is 279 g/mol. The van der Waals surface area contributed by atoms with E-state index in [1.54, 1.807) is 13.8 Å². The third-order valence-electron chi connectivity index (χ3n) is 3.02. The number of rotatable bonds is 8. The fourth-order valence-electron chi connectivity index (χ4n) is 1.72. The molecule has 1 rings (SSSR count). The molecule has 0 heterocycles. The maximum atomic E-state index is 11.6. The van der Waals surface area contributed by atoms with Crippen LogP contribution in [-0.2, 0) is 16.0 Å². The molecular formula is C16H25NO3. The van der Waals surface area contributed by atoms with E-state index in [4.69, 9.17) is 15.2 Å². The van der Waals surface area contributed by atoms with Gasteiger partial charge in [-0.2, -0.15) is 0 Å². The molecule has 0 spiro atoms. The van der Waals surface area contributed by atoms with E-state index in [1.807, 2.05) is 24.3 Å². The molecule has 20 heavy (non-hydrogen) atoms. The molecule has 2 N–H and O–H groups in total. The zero-order chi connectivity index (χ0) is 15.0. The van der Waals surface area contributed by atoms with E-state index in [0.29, 0.717) is 12.4 Å². The van der Waals surface area contributed by atoms with Crippen molar-refractivity contribution in [3.05, 3.63) is 29.8 Å². The average Bonchev–Trinajstić information content (AvgIpc) is 2.44. The second-order valence-electron chi connectivity index (χ2n) is 5.17. The summed E-state index contributed by atoms with van der Waals surface area (Å²) in [6.45, 7) is 5.96. The lowest BCUT2D eigenvalue weighted by molar-refractivity contribution is -0.150. The predicted octanol–water partition coefficient (Wildman–Crippen LogP) is 2.69. The summed E-state index contributed by atoms with van der Waals surface area (Å²) in [6, 6.07) is 7.91. The van der Waals surface area contributed by atoms with E-state index in [0.717, 1.165) is 6.42 Å². The Kier molecular flexibility index (Phi) is 6.52. The van der Waals surface area contributed by atoms with Crippen LogP contribution in [-0.4, -0.2) is 24.7 Å². The van der Waals surface area contributed by atoms with Crippen LogP contribution in [0.2, 0.25) is 0 Å². The molecule has 0 aliphatic carbocycles. The molecule has 0 aliphatic rings. The topological polar surface area (TPSA) is 61.5 Å². The monoisotopic (exact) mass is 279 g/mol. The number of carbonyl (C=O) groups excluding carboxylic acids is 1. The van der Waals surface area contributed by atoms with Gasteiger partial charge in [-0.05, 0) is 44.4 Å². The first kappa shape index (κ1) is 16.5. The van der Waals surface area contributed by atoms with Gasteiger partial charge in [0.1, 0.15) is 17.9 Å². The molecule has 0 radical (unpaired) electrons. The van der Waals surface area contributed by atoms with Gasteiger partial charge in [-0.15, -0.1) is 0 Å². The molecule has 1 atom stereocenters. The Labute approximate surface area is 121 Å². The van der Waals surface area contributed by atoms with Crippen molar-refractivity contribution in [3.8, 4) is 5.75 Å². The summed E-state index contributed by atoms with van der Waals surface area (Å²) in [7, 11) is 0. The highest BCUT2D eigenvalue weighted by molar-refractivity contribution is 5.80. The maximum Gasteiger partial charge on any atom is 0.329 e. The highest BCUT2D eigenvalue weighted by Crippen LogP contribution is 2.15. The molecule has 1 aromatic carbocycles. The minimum absolute atomic E-state index is 0.0974. The Morgan fingerprint density at radius 1 is 1.25 bits per heavy atom. The summed E-state index contributed by atoms with van der Waals surface area (Å²) in [6.07, 6.45) is 3.45. The number of hydrogen-bond donors (Lipinski definition) is 1. The first-order chi connectivity index (χ1) is 9.49. The van der Waals surface area contributed by atoms with Gasteiger partial charge < -0.3 is 15.2 Å². The number of benzene rings is 1. The fourth-order valence-corrected chi connectivity index (χ4v) is 1.72. The van der Waals surface area contributed by atoms with E-state index in [-0.39, 0.29) is 6.61 Å². The maximum absolute atomic E-state index is 11.6. The minimum atomic E-state index is -1.13. The summed E-state index contributed by atoms with van der Waals surface area (Å²) >= 11 is 0. The number of nitrogens with two attached hydrogens (primary N) is 1. The third-order valence-corrected chi connectivity index (χ3v) is 3.02. The summed E-state index contributed by atoms with van der Waals surface area (Å²) < 4.78 is 10.5. The molecular weight excluding hydrogens is 254 g/mol. The van der Waals surface area contributed by atoms with Crippen LogP contribution < -0.4 is 10.5 Å². The van der Waals surface area contributed by atoms with Gasteiger partial charge in [-0.1, -0.05) is 25.5 Å². The second kappa shape index (κ2) is 7.90. The molecule has 112 valence electrons. The summed E-state index contributed by atoms with van der Waals surface area (Å²) in [5.74, 6) is 0.269. The lowest BCUT2D eigenvalue weighted by atomic mass is 10.1. The molecule has 0 bridgehead atoms. The van der Waals surface area contributed by atoms with Crippen LogP contribution in [0.1, 0.15) is 39.2 Å². The zero-order valence-electron chi connectivity index (χ0n) is 12.6. The predicted molar refractivity (Wildman–Crippen MR) is 79.8 cm³/mol. The van der Waals surface area contributed by atoms with Gasteiger partial charge in [0, 0.05) is 0 Å². The van der Waals surface area contributed by atoms with E-state index in [9.17, 15) is 4.79 Å². The van der Waals surface area contributed by atoms with Gasteiger partial charge in [-0.3, -0.25) is 0 Å². The molecule has 4 heteroatoms. The van der Waals surface area contributed by atoms with Crippen LogP contribution in [0.25, 0.3) is 0 Å². The molecule has 4 nitrogen and oxygen atoms in total.